The van der Waals surface area contributed by atoms with Gasteiger partial charge in [-0.05, 0) is 42.3 Å². The maximum Gasteiger partial charge on any atom is 0.303 e. The SMILES string of the molecule is CC(=O)c1c(O)ccc2ccc(OCCCC(=O)O)cc12. The van der Waals surface area contributed by atoms with Gasteiger partial charge in [0.25, 0.3) is 0 Å². The molecule has 2 aromatic carbocycles. The largest absolute Gasteiger partial charge is 0.507 e. The van der Waals surface area contributed by atoms with Crippen molar-refractivity contribution < 1.29 is 24.5 Å². The Labute approximate surface area is 121 Å². The minimum Gasteiger partial charge on any atom is -0.507 e. The van der Waals surface area contributed by atoms with Crippen LogP contribution in [-0.2, 0) is 4.79 Å². The van der Waals surface area contributed by atoms with Crippen LogP contribution in [0.4, 0.5) is 0 Å². The van der Waals surface area contributed by atoms with Crippen molar-refractivity contribution in [3.05, 3.63) is 35.9 Å². The normalized spacial score (nSPS) is 10.5. The molecule has 0 fully saturated rings. The van der Waals surface area contributed by atoms with E-state index in [1.165, 1.54) is 13.0 Å². The molecule has 0 aliphatic rings. The highest BCUT2D eigenvalue weighted by Gasteiger charge is 2.12. The summed E-state index contributed by atoms with van der Waals surface area (Å²) in [7, 11) is 0. The molecule has 5 nitrogen and oxygen atoms in total. The molecule has 0 bridgehead atoms. The fourth-order valence-electron chi connectivity index (χ4n) is 2.16. The zero-order valence-corrected chi connectivity index (χ0v) is 11.6. The van der Waals surface area contributed by atoms with Gasteiger partial charge in [-0.15, -0.1) is 0 Å². The lowest BCUT2D eigenvalue weighted by Gasteiger charge is -2.10. The monoisotopic (exact) mass is 288 g/mol. The molecule has 0 heterocycles. The third-order valence-electron chi connectivity index (χ3n) is 3.13. The maximum absolute atomic E-state index is 11.7. The summed E-state index contributed by atoms with van der Waals surface area (Å²) < 4.78 is 5.48. The van der Waals surface area contributed by atoms with Crippen LogP contribution in [0.15, 0.2) is 30.3 Å². The predicted octanol–water partition coefficient (Wildman–Crippen LogP) is 2.99. The Morgan fingerprint density at radius 2 is 1.90 bits per heavy atom. The number of carbonyl (C=O) groups excluding carboxylic acids is 1. The predicted molar refractivity (Wildman–Crippen MR) is 78.0 cm³/mol. The maximum atomic E-state index is 11.7. The lowest BCUT2D eigenvalue weighted by atomic mass is 10.0. The van der Waals surface area contributed by atoms with Gasteiger partial charge >= 0.3 is 5.97 Å². The molecule has 0 radical (unpaired) electrons. The molecule has 110 valence electrons. The Balaban J connectivity index is 2.25. The quantitative estimate of drug-likeness (QED) is 0.630. The second kappa shape index (κ2) is 6.26. The van der Waals surface area contributed by atoms with Gasteiger partial charge in [0.2, 0.25) is 0 Å². The molecule has 21 heavy (non-hydrogen) atoms. The van der Waals surface area contributed by atoms with Crippen LogP contribution < -0.4 is 4.74 Å². The molecule has 0 saturated heterocycles. The fraction of sp³-hybridized carbons (Fsp3) is 0.250. The average molecular weight is 288 g/mol. The van der Waals surface area contributed by atoms with Crippen LogP contribution in [0, 0.1) is 0 Å². The molecule has 0 spiro atoms. The van der Waals surface area contributed by atoms with Crippen molar-refractivity contribution in [2.45, 2.75) is 19.8 Å². The number of rotatable bonds is 6. The summed E-state index contributed by atoms with van der Waals surface area (Å²) in [4.78, 5) is 22.1. The third-order valence-corrected chi connectivity index (χ3v) is 3.13. The number of carboxylic acids is 1. The fourth-order valence-corrected chi connectivity index (χ4v) is 2.16. The first-order chi connectivity index (χ1) is 9.99. The van der Waals surface area contributed by atoms with Crippen molar-refractivity contribution in [1.82, 2.24) is 0 Å². The number of aliphatic carboxylic acids is 1. The van der Waals surface area contributed by atoms with Crippen LogP contribution in [0.5, 0.6) is 11.5 Å². The standard InChI is InChI=1S/C16H16O5/c1-10(17)16-13-9-12(21-8-2-3-15(19)20)6-4-11(13)5-7-14(16)18/h4-7,9,18H,2-3,8H2,1H3,(H,19,20). The number of hydrogen-bond acceptors (Lipinski definition) is 4. The van der Waals surface area contributed by atoms with E-state index in [1.54, 1.807) is 24.3 Å². The zero-order chi connectivity index (χ0) is 15.4. The number of hydrogen-bond donors (Lipinski definition) is 2. The van der Waals surface area contributed by atoms with Crippen LogP contribution in [0.2, 0.25) is 0 Å². The average Bonchev–Trinajstić information content (AvgIpc) is 2.42. The van der Waals surface area contributed by atoms with Crippen molar-refractivity contribution in [2.24, 2.45) is 0 Å². The molecule has 5 heteroatoms. The second-order valence-corrected chi connectivity index (χ2v) is 4.74. The second-order valence-electron chi connectivity index (χ2n) is 4.74. The molecule has 0 aromatic heterocycles. The van der Waals surface area contributed by atoms with E-state index >= 15 is 0 Å². The summed E-state index contributed by atoms with van der Waals surface area (Å²) >= 11 is 0. The van der Waals surface area contributed by atoms with Crippen molar-refractivity contribution >= 4 is 22.5 Å². The Kier molecular flexibility index (Phi) is 4.42. The van der Waals surface area contributed by atoms with E-state index < -0.39 is 5.97 Å². The summed E-state index contributed by atoms with van der Waals surface area (Å²) in [5, 5.41) is 19.8. The molecular weight excluding hydrogens is 272 g/mol. The molecule has 2 aromatic rings. The van der Waals surface area contributed by atoms with Gasteiger partial charge in [0.05, 0.1) is 12.2 Å². The van der Waals surface area contributed by atoms with E-state index in [2.05, 4.69) is 0 Å². The highest BCUT2D eigenvalue weighted by atomic mass is 16.5. The Morgan fingerprint density at radius 3 is 2.57 bits per heavy atom. The highest BCUT2D eigenvalue weighted by molar-refractivity contribution is 6.09. The van der Waals surface area contributed by atoms with Gasteiger partial charge < -0.3 is 14.9 Å². The summed E-state index contributed by atoms with van der Waals surface area (Å²) in [6, 6.07) is 8.46. The minimum absolute atomic E-state index is 0.0487. The Bertz CT molecular complexity index is 690. The van der Waals surface area contributed by atoms with E-state index in [0.29, 0.717) is 17.6 Å². The smallest absolute Gasteiger partial charge is 0.303 e. The number of Topliss-reactive ketones (excluding diaryl/α,β-unsaturated/α-hetero) is 1. The van der Waals surface area contributed by atoms with Crippen LogP contribution in [0.1, 0.15) is 30.1 Å². The number of carbonyl (C=O) groups is 2. The van der Waals surface area contributed by atoms with Crippen molar-refractivity contribution in [3.63, 3.8) is 0 Å². The summed E-state index contributed by atoms with van der Waals surface area (Å²) in [6.07, 6.45) is 0.458. The van der Waals surface area contributed by atoms with E-state index in [9.17, 15) is 14.7 Å². The number of ketones is 1. The third kappa shape index (κ3) is 3.51. The van der Waals surface area contributed by atoms with Gasteiger partial charge in [-0.2, -0.15) is 0 Å². The summed E-state index contributed by atoms with van der Waals surface area (Å²) in [6.45, 7) is 1.68. The molecule has 2 N–H and O–H groups in total. The first kappa shape index (κ1) is 14.8. The van der Waals surface area contributed by atoms with Crippen LogP contribution in [-0.4, -0.2) is 28.6 Å². The first-order valence-corrected chi connectivity index (χ1v) is 6.60. The van der Waals surface area contributed by atoms with E-state index in [1.807, 2.05) is 0 Å². The molecule has 0 atom stereocenters. The van der Waals surface area contributed by atoms with Gasteiger partial charge in [-0.25, -0.2) is 0 Å². The first-order valence-electron chi connectivity index (χ1n) is 6.60. The number of phenols is 1. The lowest BCUT2D eigenvalue weighted by molar-refractivity contribution is -0.137. The number of ether oxygens (including phenoxy) is 1. The van der Waals surface area contributed by atoms with Gasteiger partial charge in [0, 0.05) is 6.42 Å². The van der Waals surface area contributed by atoms with Crippen molar-refractivity contribution in [2.75, 3.05) is 6.61 Å². The topological polar surface area (TPSA) is 83.8 Å². The van der Waals surface area contributed by atoms with E-state index in [4.69, 9.17) is 9.84 Å². The molecule has 0 aliphatic heterocycles. The number of benzene rings is 2. The highest BCUT2D eigenvalue weighted by Crippen LogP contribution is 2.30. The molecule has 0 amide bonds. The van der Waals surface area contributed by atoms with E-state index in [-0.39, 0.29) is 30.1 Å². The van der Waals surface area contributed by atoms with Crippen LogP contribution in [0.3, 0.4) is 0 Å². The lowest BCUT2D eigenvalue weighted by Crippen LogP contribution is -2.02. The summed E-state index contributed by atoms with van der Waals surface area (Å²) in [5.74, 6) is -0.596. The van der Waals surface area contributed by atoms with Gasteiger partial charge in [-0.3, -0.25) is 9.59 Å². The number of fused-ring (bicyclic) bond motifs is 1. The number of phenolic OH excluding ortho intramolecular Hbond substituents is 1. The Hall–Kier alpha value is -2.56. The molecule has 0 unspecified atom stereocenters. The number of carboxylic acid groups (broad SMARTS) is 1. The van der Waals surface area contributed by atoms with Gasteiger partial charge in [0.1, 0.15) is 11.5 Å². The molecular formula is C16H16O5. The Morgan fingerprint density at radius 1 is 1.19 bits per heavy atom. The number of aromatic hydroxyl groups is 1. The minimum atomic E-state index is -0.860. The van der Waals surface area contributed by atoms with Gasteiger partial charge in [-0.1, -0.05) is 12.1 Å². The van der Waals surface area contributed by atoms with Crippen molar-refractivity contribution in [3.8, 4) is 11.5 Å². The molecule has 2 rings (SSSR count). The molecule has 0 saturated carbocycles. The zero-order valence-electron chi connectivity index (χ0n) is 11.6. The molecule has 0 aliphatic carbocycles. The van der Waals surface area contributed by atoms with Crippen LogP contribution >= 0.6 is 0 Å². The van der Waals surface area contributed by atoms with Crippen LogP contribution in [0.25, 0.3) is 10.8 Å². The van der Waals surface area contributed by atoms with E-state index in [0.717, 1.165) is 5.39 Å². The summed E-state index contributed by atoms with van der Waals surface area (Å²) in [5.41, 5.74) is 0.267. The van der Waals surface area contributed by atoms with Gasteiger partial charge in [0.15, 0.2) is 5.78 Å². The van der Waals surface area contributed by atoms with Crippen molar-refractivity contribution in [1.29, 1.82) is 0 Å².